The molecule has 0 N–H and O–H groups in total. The Morgan fingerprint density at radius 3 is 2.30 bits per heavy atom. The number of hydrogen-bond donors (Lipinski definition) is 0. The fourth-order valence-electron chi connectivity index (χ4n) is 12.3. The molecule has 0 spiro atoms. The average molecular weight is 640 g/mol. The van der Waals surface area contributed by atoms with E-state index in [4.69, 9.17) is 14.2 Å². The van der Waals surface area contributed by atoms with Gasteiger partial charge in [-0.25, -0.2) is 0 Å². The van der Waals surface area contributed by atoms with Crippen molar-refractivity contribution < 1.29 is 28.6 Å². The van der Waals surface area contributed by atoms with E-state index in [2.05, 4.69) is 59.4 Å². The van der Waals surface area contributed by atoms with E-state index in [9.17, 15) is 14.4 Å². The second kappa shape index (κ2) is 11.4. The van der Waals surface area contributed by atoms with Crippen LogP contribution in [0.3, 0.4) is 0 Å². The van der Waals surface area contributed by atoms with E-state index in [0.29, 0.717) is 11.7 Å². The Kier molecular flexibility index (Phi) is 8.48. The summed E-state index contributed by atoms with van der Waals surface area (Å²) in [5.41, 5.74) is 0.224. The van der Waals surface area contributed by atoms with Crippen molar-refractivity contribution in [3.63, 3.8) is 0 Å². The minimum atomic E-state index is -0.563. The predicted molar refractivity (Wildman–Crippen MR) is 178 cm³/mol. The first-order valence-corrected chi connectivity index (χ1v) is 18.3. The molecule has 7 nitrogen and oxygen atoms in total. The molecule has 0 aromatic rings. The summed E-state index contributed by atoms with van der Waals surface area (Å²) in [6.07, 6.45) is 10.3. The molecule has 6 aliphatic rings. The molecule has 1 heterocycles. The summed E-state index contributed by atoms with van der Waals surface area (Å²) < 4.78 is 17.6. The molecule has 5 aliphatic carbocycles. The van der Waals surface area contributed by atoms with Crippen molar-refractivity contribution in [3.8, 4) is 0 Å². The Morgan fingerprint density at radius 2 is 1.63 bits per heavy atom. The zero-order valence-corrected chi connectivity index (χ0v) is 30.3. The van der Waals surface area contributed by atoms with Gasteiger partial charge in [0.2, 0.25) is 0 Å². The highest BCUT2D eigenvalue weighted by atomic mass is 16.5. The van der Waals surface area contributed by atoms with Crippen molar-refractivity contribution in [3.05, 3.63) is 11.6 Å². The van der Waals surface area contributed by atoms with Crippen LogP contribution in [0.4, 0.5) is 0 Å². The van der Waals surface area contributed by atoms with Crippen LogP contribution in [0.5, 0.6) is 0 Å². The number of ketones is 1. The summed E-state index contributed by atoms with van der Waals surface area (Å²) in [6.45, 7) is 23.8. The van der Waals surface area contributed by atoms with E-state index >= 15 is 0 Å². The van der Waals surface area contributed by atoms with E-state index in [1.807, 2.05) is 6.92 Å². The Balaban J connectivity index is 1.28. The number of hydrogen-bond acceptors (Lipinski definition) is 7. The number of nitrogens with zero attached hydrogens (tertiary/aromatic N) is 1. The second-order valence-corrected chi connectivity index (χ2v) is 18.3. The van der Waals surface area contributed by atoms with Crippen LogP contribution < -0.4 is 0 Å². The maximum Gasteiger partial charge on any atom is 0.312 e. The highest BCUT2D eigenvalue weighted by Gasteiger charge is 2.70. The van der Waals surface area contributed by atoms with Crippen LogP contribution in [-0.4, -0.2) is 67.7 Å². The molecule has 4 saturated carbocycles. The van der Waals surface area contributed by atoms with Gasteiger partial charge in [-0.15, -0.1) is 0 Å². The third kappa shape index (κ3) is 5.15. The molecule has 10 atom stereocenters. The first-order chi connectivity index (χ1) is 21.4. The number of allylic oxidation sites excluding steroid dienone is 2. The van der Waals surface area contributed by atoms with Crippen molar-refractivity contribution in [1.82, 2.24) is 4.90 Å². The molecular weight excluding hydrogens is 578 g/mol. The molecule has 46 heavy (non-hydrogen) atoms. The van der Waals surface area contributed by atoms with Crippen molar-refractivity contribution in [2.24, 2.45) is 50.2 Å². The third-order valence-corrected chi connectivity index (χ3v) is 15.2. The molecular formula is C39H61NO6. The van der Waals surface area contributed by atoms with Gasteiger partial charge in [0, 0.05) is 37.9 Å². The molecule has 1 saturated heterocycles. The van der Waals surface area contributed by atoms with E-state index in [0.717, 1.165) is 90.6 Å². The van der Waals surface area contributed by atoms with E-state index in [1.165, 1.54) is 12.5 Å². The Hall–Kier alpha value is -1.73. The quantitative estimate of drug-likeness (QED) is 0.295. The Morgan fingerprint density at radius 1 is 0.957 bits per heavy atom. The van der Waals surface area contributed by atoms with E-state index < -0.39 is 5.41 Å². The lowest BCUT2D eigenvalue weighted by atomic mass is 9.33. The topological polar surface area (TPSA) is 82.1 Å². The molecule has 258 valence electrons. The number of esters is 2. The van der Waals surface area contributed by atoms with Crippen LogP contribution in [0.25, 0.3) is 0 Å². The average Bonchev–Trinajstić information content (AvgIpc) is 2.97. The fraction of sp³-hybridized carbons (Fsp3) is 0.872. The molecule has 0 aromatic carbocycles. The lowest BCUT2D eigenvalue weighted by molar-refractivity contribution is -0.210. The number of fused-ring (bicyclic) bond motifs is 7. The normalized spacial score (nSPS) is 46.0. The SMILES string of the molecule is CC(=O)O[C@@H]1CC[C@]2(C)[C@H](CC[C@]3(C)[C@@H]2C(=O)C=C2[C@@H]4C[C@](C)(C(=O)O[C@H](C)CN5CCOCC5)CC[C@@]4(C)CC[C@]23C)C1(C)C. The van der Waals surface area contributed by atoms with Gasteiger partial charge in [-0.3, -0.25) is 19.3 Å². The van der Waals surface area contributed by atoms with Gasteiger partial charge in [-0.05, 0) is 111 Å². The molecule has 0 unspecified atom stereocenters. The molecule has 0 radical (unpaired) electrons. The van der Waals surface area contributed by atoms with Crippen molar-refractivity contribution in [2.75, 3.05) is 32.8 Å². The van der Waals surface area contributed by atoms with Crippen LogP contribution in [0, 0.1) is 50.2 Å². The molecule has 0 amide bonds. The van der Waals surface area contributed by atoms with Crippen LogP contribution >= 0.6 is 0 Å². The van der Waals surface area contributed by atoms with Gasteiger partial charge in [-0.2, -0.15) is 0 Å². The van der Waals surface area contributed by atoms with Crippen LogP contribution in [0.1, 0.15) is 120 Å². The van der Waals surface area contributed by atoms with Crippen molar-refractivity contribution in [2.45, 2.75) is 132 Å². The zero-order valence-electron chi connectivity index (χ0n) is 30.3. The first kappa shape index (κ1) is 34.1. The zero-order chi connectivity index (χ0) is 33.5. The largest absolute Gasteiger partial charge is 0.462 e. The second-order valence-electron chi connectivity index (χ2n) is 18.3. The Bertz CT molecular complexity index is 1280. The predicted octanol–water partition coefficient (Wildman–Crippen LogP) is 7.16. The van der Waals surface area contributed by atoms with Gasteiger partial charge in [-0.1, -0.05) is 47.1 Å². The minimum Gasteiger partial charge on any atom is -0.462 e. The van der Waals surface area contributed by atoms with Crippen LogP contribution in [0.15, 0.2) is 11.6 Å². The third-order valence-electron chi connectivity index (χ3n) is 15.2. The summed E-state index contributed by atoms with van der Waals surface area (Å²) in [5.74, 6) is 0.443. The molecule has 0 aromatic heterocycles. The smallest absolute Gasteiger partial charge is 0.312 e. The highest BCUT2D eigenvalue weighted by Crippen LogP contribution is 2.75. The van der Waals surface area contributed by atoms with E-state index in [1.54, 1.807) is 0 Å². The molecule has 1 aliphatic heterocycles. The van der Waals surface area contributed by atoms with E-state index in [-0.39, 0.29) is 63.1 Å². The molecule has 0 bridgehead atoms. The van der Waals surface area contributed by atoms with Crippen molar-refractivity contribution >= 4 is 17.7 Å². The lowest BCUT2D eigenvalue weighted by Gasteiger charge is -2.70. The first-order valence-electron chi connectivity index (χ1n) is 18.3. The van der Waals surface area contributed by atoms with Gasteiger partial charge >= 0.3 is 11.9 Å². The number of ether oxygens (including phenoxy) is 3. The van der Waals surface area contributed by atoms with Gasteiger partial charge in [0.15, 0.2) is 5.78 Å². The van der Waals surface area contributed by atoms with Gasteiger partial charge in [0.1, 0.15) is 12.2 Å². The van der Waals surface area contributed by atoms with Gasteiger partial charge < -0.3 is 14.2 Å². The summed E-state index contributed by atoms with van der Waals surface area (Å²) in [5, 5.41) is 0. The summed E-state index contributed by atoms with van der Waals surface area (Å²) in [4.78, 5) is 43.0. The van der Waals surface area contributed by atoms with Crippen LogP contribution in [-0.2, 0) is 28.6 Å². The molecule has 7 heteroatoms. The highest BCUT2D eigenvalue weighted by molar-refractivity contribution is 5.95. The minimum absolute atomic E-state index is 0.0598. The molecule has 5 fully saturated rings. The lowest BCUT2D eigenvalue weighted by Crippen LogP contribution is -2.66. The van der Waals surface area contributed by atoms with Crippen LogP contribution in [0.2, 0.25) is 0 Å². The van der Waals surface area contributed by atoms with Gasteiger partial charge in [0.25, 0.3) is 0 Å². The van der Waals surface area contributed by atoms with Gasteiger partial charge in [0.05, 0.1) is 18.6 Å². The van der Waals surface area contributed by atoms with Crippen molar-refractivity contribution in [1.29, 1.82) is 0 Å². The fourth-order valence-corrected chi connectivity index (χ4v) is 12.3. The molecule has 6 rings (SSSR count). The maximum absolute atomic E-state index is 14.7. The number of morpholine rings is 1. The maximum atomic E-state index is 14.7. The monoisotopic (exact) mass is 639 g/mol. The summed E-state index contributed by atoms with van der Waals surface area (Å²) in [6, 6.07) is 0. The summed E-state index contributed by atoms with van der Waals surface area (Å²) >= 11 is 0. The number of rotatable bonds is 5. The number of carbonyl (C=O) groups excluding carboxylic acids is 3. The number of carbonyl (C=O) groups is 3. The Labute approximate surface area is 277 Å². The summed E-state index contributed by atoms with van der Waals surface area (Å²) in [7, 11) is 0. The standard InChI is InChI=1S/C39H61NO6/c1-25(24-40-18-20-44-21-19-40)45-33(43)36(6)15-14-35(5)16-17-38(8)27(28(35)23-36)22-29(42)32-37(7)12-11-31(46-26(2)41)34(3,4)30(37)10-13-39(32,38)9/h22,25,28,30-32H,10-21,23-24H2,1-9H3/t25-,28+,30-,31-,32-,35+,36-,37-,38-,39-/m1/s1.